The molecule has 10 heteroatoms. The van der Waals surface area contributed by atoms with Gasteiger partial charge in [0.2, 0.25) is 5.91 Å². The molecule has 36 heavy (non-hydrogen) atoms. The molecular formula is C26H32N4O5S. The standard InChI is InChI=1S/C26H32N4O5S/c1-17-7-6-8-18(15-17)22(23(31)28-19-9-11-20(34-5)12-10-19)30(14-13-27)24(32)21(16-36)29-25(33)35-26(2,3)4/h6-12,15,21-22,36H,14,16H2,1-5H3,(H,28,31)(H,29,33). The lowest BCUT2D eigenvalue weighted by atomic mass is 10.0. The number of ether oxygens (including phenoxy) is 2. The molecule has 0 saturated carbocycles. The maximum atomic E-state index is 13.6. The van der Waals surface area contributed by atoms with E-state index in [-0.39, 0.29) is 5.75 Å². The highest BCUT2D eigenvalue weighted by Crippen LogP contribution is 2.26. The van der Waals surface area contributed by atoms with Crippen LogP contribution < -0.4 is 15.4 Å². The van der Waals surface area contributed by atoms with Gasteiger partial charge in [0.15, 0.2) is 0 Å². The Bertz CT molecular complexity index is 1110. The average molecular weight is 513 g/mol. The van der Waals surface area contributed by atoms with Gasteiger partial charge in [0.05, 0.1) is 13.2 Å². The third-order valence-electron chi connectivity index (χ3n) is 4.97. The van der Waals surface area contributed by atoms with Crippen molar-refractivity contribution in [2.24, 2.45) is 0 Å². The first-order valence-corrected chi connectivity index (χ1v) is 11.9. The normalized spacial score (nSPS) is 12.5. The number of amides is 3. The van der Waals surface area contributed by atoms with Crippen LogP contribution in [0.3, 0.4) is 0 Å². The van der Waals surface area contributed by atoms with E-state index in [1.54, 1.807) is 63.2 Å². The van der Waals surface area contributed by atoms with Crippen molar-refractivity contribution in [3.8, 4) is 11.8 Å². The molecule has 2 atom stereocenters. The van der Waals surface area contributed by atoms with Crippen molar-refractivity contribution in [3.63, 3.8) is 0 Å². The number of methoxy groups -OCH3 is 1. The second-order valence-corrected chi connectivity index (χ2v) is 9.41. The highest BCUT2D eigenvalue weighted by Gasteiger charge is 2.36. The van der Waals surface area contributed by atoms with Crippen LogP contribution in [0.25, 0.3) is 0 Å². The molecule has 0 aliphatic carbocycles. The number of rotatable bonds is 9. The Morgan fingerprint density at radius 1 is 1.14 bits per heavy atom. The molecule has 3 amide bonds. The predicted molar refractivity (Wildman–Crippen MR) is 140 cm³/mol. The average Bonchev–Trinajstić information content (AvgIpc) is 2.81. The minimum absolute atomic E-state index is 0.0688. The van der Waals surface area contributed by atoms with Gasteiger partial charge in [-0.15, -0.1) is 0 Å². The highest BCUT2D eigenvalue weighted by atomic mass is 32.1. The van der Waals surface area contributed by atoms with Gasteiger partial charge in [-0.05, 0) is 57.5 Å². The van der Waals surface area contributed by atoms with Gasteiger partial charge in [0.25, 0.3) is 5.91 Å². The Hall–Kier alpha value is -3.71. The summed E-state index contributed by atoms with van der Waals surface area (Å²) in [5.74, 6) is -0.617. The molecule has 0 fully saturated rings. The summed E-state index contributed by atoms with van der Waals surface area (Å²) in [7, 11) is 1.54. The van der Waals surface area contributed by atoms with Gasteiger partial charge in [-0.25, -0.2) is 4.79 Å². The van der Waals surface area contributed by atoms with E-state index in [9.17, 15) is 19.6 Å². The number of alkyl carbamates (subject to hydrolysis) is 1. The molecule has 2 rings (SSSR count). The van der Waals surface area contributed by atoms with Crippen LogP contribution in [-0.4, -0.2) is 53.9 Å². The van der Waals surface area contributed by atoms with E-state index >= 15 is 0 Å². The van der Waals surface area contributed by atoms with Crippen LogP contribution >= 0.6 is 12.6 Å². The second-order valence-electron chi connectivity index (χ2n) is 9.04. The minimum Gasteiger partial charge on any atom is -0.497 e. The van der Waals surface area contributed by atoms with E-state index in [2.05, 4.69) is 23.3 Å². The summed E-state index contributed by atoms with van der Waals surface area (Å²) in [5, 5.41) is 14.8. The number of aryl methyl sites for hydroxylation is 1. The van der Waals surface area contributed by atoms with E-state index in [0.29, 0.717) is 17.0 Å². The third kappa shape index (κ3) is 8.20. The summed E-state index contributed by atoms with van der Waals surface area (Å²) < 4.78 is 10.4. The zero-order valence-electron chi connectivity index (χ0n) is 21.1. The quantitative estimate of drug-likeness (QED) is 0.347. The Kier molecular flexibility index (Phi) is 10.2. The van der Waals surface area contributed by atoms with Crippen LogP contribution in [0, 0.1) is 18.3 Å². The van der Waals surface area contributed by atoms with Crippen LogP contribution in [-0.2, 0) is 14.3 Å². The van der Waals surface area contributed by atoms with Gasteiger partial charge in [-0.2, -0.15) is 17.9 Å². The third-order valence-corrected chi connectivity index (χ3v) is 5.34. The number of carbonyl (C=O) groups is 3. The molecule has 0 aromatic heterocycles. The summed E-state index contributed by atoms with van der Waals surface area (Å²) in [4.78, 5) is 40.6. The largest absolute Gasteiger partial charge is 0.497 e. The molecule has 9 nitrogen and oxygen atoms in total. The zero-order chi connectivity index (χ0) is 26.9. The van der Waals surface area contributed by atoms with Crippen LogP contribution in [0.1, 0.15) is 37.9 Å². The number of hydrogen-bond donors (Lipinski definition) is 3. The summed E-state index contributed by atoms with van der Waals surface area (Å²) in [6.07, 6.45) is -0.804. The number of thiol groups is 1. The predicted octanol–water partition coefficient (Wildman–Crippen LogP) is 3.86. The summed E-state index contributed by atoms with van der Waals surface area (Å²) in [5.41, 5.74) is 1.10. The first-order valence-electron chi connectivity index (χ1n) is 11.3. The number of benzene rings is 2. The van der Waals surface area contributed by atoms with E-state index in [1.807, 2.05) is 19.1 Å². The van der Waals surface area contributed by atoms with Gasteiger partial charge in [-0.1, -0.05) is 29.8 Å². The fraction of sp³-hybridized carbons (Fsp3) is 0.385. The van der Waals surface area contributed by atoms with Gasteiger partial charge in [0.1, 0.15) is 30.0 Å². The smallest absolute Gasteiger partial charge is 0.408 e. The lowest BCUT2D eigenvalue weighted by molar-refractivity contribution is -0.139. The molecule has 2 unspecified atom stereocenters. The van der Waals surface area contributed by atoms with E-state index < -0.39 is 42.1 Å². The lowest BCUT2D eigenvalue weighted by Crippen LogP contribution is -2.53. The van der Waals surface area contributed by atoms with Crippen molar-refractivity contribution < 1.29 is 23.9 Å². The van der Waals surface area contributed by atoms with Crippen molar-refractivity contribution >= 4 is 36.2 Å². The summed E-state index contributed by atoms with van der Waals surface area (Å²) in [6, 6.07) is 13.5. The van der Waals surface area contributed by atoms with Crippen LogP contribution in [0.15, 0.2) is 48.5 Å². The van der Waals surface area contributed by atoms with Crippen LogP contribution in [0.5, 0.6) is 5.75 Å². The van der Waals surface area contributed by atoms with Crippen molar-refractivity contribution in [1.29, 1.82) is 5.26 Å². The molecule has 0 radical (unpaired) electrons. The molecule has 0 saturated heterocycles. The summed E-state index contributed by atoms with van der Waals surface area (Å²) >= 11 is 4.21. The van der Waals surface area contributed by atoms with Crippen LogP contribution in [0.4, 0.5) is 10.5 Å². The Balaban J connectivity index is 2.42. The molecule has 0 aliphatic heterocycles. The molecular weight excluding hydrogens is 480 g/mol. The Morgan fingerprint density at radius 2 is 1.81 bits per heavy atom. The lowest BCUT2D eigenvalue weighted by Gasteiger charge is -2.32. The van der Waals surface area contributed by atoms with Gasteiger partial charge < -0.3 is 25.0 Å². The number of nitriles is 1. The molecule has 192 valence electrons. The van der Waals surface area contributed by atoms with Crippen molar-refractivity contribution in [2.75, 3.05) is 24.7 Å². The fourth-order valence-corrected chi connectivity index (χ4v) is 3.65. The van der Waals surface area contributed by atoms with E-state index in [0.717, 1.165) is 10.5 Å². The first-order chi connectivity index (χ1) is 17.0. The fourth-order valence-electron chi connectivity index (χ4n) is 3.41. The molecule has 0 aliphatic rings. The zero-order valence-corrected chi connectivity index (χ0v) is 22.0. The molecule has 0 spiro atoms. The first kappa shape index (κ1) is 28.5. The maximum Gasteiger partial charge on any atom is 0.408 e. The van der Waals surface area contributed by atoms with E-state index in [1.165, 1.54) is 7.11 Å². The Labute approximate surface area is 217 Å². The van der Waals surface area contributed by atoms with Crippen molar-refractivity contribution in [3.05, 3.63) is 59.7 Å². The molecule has 2 aromatic rings. The van der Waals surface area contributed by atoms with Crippen molar-refractivity contribution in [2.45, 2.75) is 45.4 Å². The second kappa shape index (κ2) is 12.8. The number of hydrogen-bond acceptors (Lipinski definition) is 7. The molecule has 2 N–H and O–H groups in total. The van der Waals surface area contributed by atoms with E-state index in [4.69, 9.17) is 9.47 Å². The Morgan fingerprint density at radius 3 is 2.33 bits per heavy atom. The minimum atomic E-state index is -1.15. The molecule has 0 heterocycles. The monoisotopic (exact) mass is 512 g/mol. The van der Waals surface area contributed by atoms with Crippen molar-refractivity contribution in [1.82, 2.24) is 10.2 Å². The summed E-state index contributed by atoms with van der Waals surface area (Å²) in [6.45, 7) is 6.56. The number of anilines is 1. The topological polar surface area (TPSA) is 121 Å². The number of carbonyl (C=O) groups excluding carboxylic acids is 3. The van der Waals surface area contributed by atoms with Crippen LogP contribution in [0.2, 0.25) is 0 Å². The number of nitrogens with zero attached hydrogens (tertiary/aromatic N) is 2. The molecule has 2 aromatic carbocycles. The SMILES string of the molecule is COc1ccc(NC(=O)C(c2cccc(C)c2)N(CC#N)C(=O)C(CS)NC(=O)OC(C)(C)C)cc1. The maximum absolute atomic E-state index is 13.6. The van der Waals surface area contributed by atoms with Gasteiger partial charge in [-0.3, -0.25) is 9.59 Å². The van der Waals surface area contributed by atoms with Gasteiger partial charge in [0, 0.05) is 11.4 Å². The highest BCUT2D eigenvalue weighted by molar-refractivity contribution is 7.80. The van der Waals surface area contributed by atoms with Gasteiger partial charge >= 0.3 is 6.09 Å². The number of nitrogens with one attached hydrogen (secondary N) is 2. The molecule has 0 bridgehead atoms.